The number of rotatable bonds is 5. The number of carbonyl (C=O) groups excluding carboxylic acids is 1. The summed E-state index contributed by atoms with van der Waals surface area (Å²) >= 11 is 0. The lowest BCUT2D eigenvalue weighted by atomic mass is 9.72. The number of hydrogen-bond acceptors (Lipinski definition) is 4. The maximum atomic E-state index is 12.2. The van der Waals surface area contributed by atoms with Crippen LogP contribution in [-0.2, 0) is 4.79 Å². The molecular weight excluding hydrogens is 336 g/mol. The van der Waals surface area contributed by atoms with Crippen molar-refractivity contribution in [1.82, 2.24) is 10.3 Å². The van der Waals surface area contributed by atoms with E-state index in [9.17, 15) is 4.79 Å². The number of carbonyl (C=O) groups is 1. The van der Waals surface area contributed by atoms with Crippen LogP contribution in [0.1, 0.15) is 46.5 Å². The normalized spacial score (nSPS) is 24.8. The summed E-state index contributed by atoms with van der Waals surface area (Å²) in [5.74, 6) is 0.675. The average Bonchev–Trinajstić information content (AvgIpc) is 2.64. The average molecular weight is 371 g/mol. The number of para-hydroxylation sites is 1. The molecule has 27 heavy (non-hydrogen) atoms. The first kappa shape index (κ1) is 19.9. The van der Waals surface area contributed by atoms with Gasteiger partial charge in [-0.05, 0) is 42.7 Å². The minimum Gasteiger partial charge on any atom is -0.369 e. The lowest BCUT2D eigenvalue weighted by molar-refractivity contribution is -0.121. The fraction of sp³-hybridized carbons (Fsp3) is 0.636. The van der Waals surface area contributed by atoms with E-state index in [2.05, 4.69) is 71.4 Å². The number of nitrogens with zero attached hydrogens (tertiary/aromatic N) is 3. The van der Waals surface area contributed by atoms with Gasteiger partial charge < -0.3 is 4.90 Å². The summed E-state index contributed by atoms with van der Waals surface area (Å²) in [6, 6.07) is 10.5. The second-order valence-electron chi connectivity index (χ2n) is 8.98. The van der Waals surface area contributed by atoms with Crippen molar-refractivity contribution in [1.29, 1.82) is 0 Å². The van der Waals surface area contributed by atoms with Crippen LogP contribution in [0.3, 0.4) is 0 Å². The van der Waals surface area contributed by atoms with Gasteiger partial charge in [0.25, 0.3) is 0 Å². The summed E-state index contributed by atoms with van der Waals surface area (Å²) in [5, 5.41) is 4.43. The molecule has 1 atom stereocenters. The fourth-order valence-corrected chi connectivity index (χ4v) is 4.53. The lowest BCUT2D eigenvalue weighted by Crippen LogP contribution is -2.47. The van der Waals surface area contributed by atoms with Crippen molar-refractivity contribution < 1.29 is 4.79 Å². The van der Waals surface area contributed by atoms with Crippen molar-refractivity contribution in [3.05, 3.63) is 30.3 Å². The van der Waals surface area contributed by atoms with Crippen LogP contribution < -0.4 is 10.3 Å². The van der Waals surface area contributed by atoms with Crippen LogP contribution in [0.5, 0.6) is 0 Å². The Morgan fingerprint density at radius 1 is 1.19 bits per heavy atom. The third-order valence-electron chi connectivity index (χ3n) is 5.66. The van der Waals surface area contributed by atoms with Gasteiger partial charge in [-0.2, -0.15) is 5.10 Å². The molecule has 5 nitrogen and oxygen atoms in total. The number of hydrazone groups is 1. The Bertz CT molecular complexity index is 648. The van der Waals surface area contributed by atoms with E-state index >= 15 is 0 Å². The van der Waals surface area contributed by atoms with Crippen molar-refractivity contribution in [2.24, 2.45) is 16.4 Å². The molecule has 1 aliphatic carbocycles. The fourth-order valence-electron chi connectivity index (χ4n) is 4.53. The zero-order valence-corrected chi connectivity index (χ0v) is 17.1. The van der Waals surface area contributed by atoms with Crippen molar-refractivity contribution in [2.75, 3.05) is 37.6 Å². The number of nitrogens with one attached hydrogen (secondary N) is 1. The summed E-state index contributed by atoms with van der Waals surface area (Å²) in [6.45, 7) is 11.7. The van der Waals surface area contributed by atoms with E-state index in [1.165, 1.54) is 12.1 Å². The first-order chi connectivity index (χ1) is 12.9. The summed E-state index contributed by atoms with van der Waals surface area (Å²) < 4.78 is 0. The Morgan fingerprint density at radius 3 is 2.56 bits per heavy atom. The molecule has 5 heteroatoms. The van der Waals surface area contributed by atoms with Gasteiger partial charge in [-0.3, -0.25) is 9.69 Å². The zero-order chi connectivity index (χ0) is 19.3. The van der Waals surface area contributed by atoms with E-state index in [0.29, 0.717) is 17.8 Å². The zero-order valence-electron chi connectivity index (χ0n) is 17.1. The van der Waals surface area contributed by atoms with Crippen molar-refractivity contribution in [2.45, 2.75) is 46.5 Å². The van der Waals surface area contributed by atoms with Crippen LogP contribution in [0.2, 0.25) is 0 Å². The number of amides is 1. The predicted molar refractivity (Wildman–Crippen MR) is 112 cm³/mol. The Labute approximate surface area is 163 Å². The lowest BCUT2D eigenvalue weighted by Gasteiger charge is -2.36. The third kappa shape index (κ3) is 6.06. The van der Waals surface area contributed by atoms with Crippen molar-refractivity contribution in [3.8, 4) is 0 Å². The molecule has 0 aromatic heterocycles. The molecule has 1 aromatic carbocycles. The number of piperazine rings is 1. The first-order valence-electron chi connectivity index (χ1n) is 10.3. The molecule has 1 saturated heterocycles. The number of benzene rings is 1. The van der Waals surface area contributed by atoms with E-state index in [0.717, 1.165) is 51.3 Å². The minimum absolute atomic E-state index is 0.0315. The standard InChI is InChI=1S/C22H34N4O/c1-18-15-19(17-22(2,3)16-18)23-24-21(27)9-10-25-11-13-26(14-12-25)20-7-5-4-6-8-20/h4-8,18H,9-17H2,1-3H3,(H,24,27)/b23-19+. The summed E-state index contributed by atoms with van der Waals surface area (Å²) in [7, 11) is 0. The molecule has 1 N–H and O–H groups in total. The molecular formula is C22H34N4O. The molecule has 2 fully saturated rings. The maximum Gasteiger partial charge on any atom is 0.241 e. The van der Waals surface area contributed by atoms with E-state index in [1.54, 1.807) is 0 Å². The molecule has 1 aliphatic heterocycles. The predicted octanol–water partition coefficient (Wildman–Crippen LogP) is 3.52. The van der Waals surface area contributed by atoms with Gasteiger partial charge in [0.15, 0.2) is 0 Å². The highest BCUT2D eigenvalue weighted by Crippen LogP contribution is 2.36. The van der Waals surface area contributed by atoms with Gasteiger partial charge in [0.2, 0.25) is 5.91 Å². The molecule has 3 rings (SSSR count). The maximum absolute atomic E-state index is 12.2. The Kier molecular flexibility index (Phi) is 6.53. The van der Waals surface area contributed by atoms with Gasteiger partial charge in [0.05, 0.1) is 0 Å². The molecule has 1 heterocycles. The summed E-state index contributed by atoms with van der Waals surface area (Å²) in [5.41, 5.74) is 5.52. The van der Waals surface area contributed by atoms with Gasteiger partial charge in [-0.15, -0.1) is 0 Å². The van der Waals surface area contributed by atoms with Crippen molar-refractivity contribution >= 4 is 17.3 Å². The van der Waals surface area contributed by atoms with Crippen molar-refractivity contribution in [3.63, 3.8) is 0 Å². The third-order valence-corrected chi connectivity index (χ3v) is 5.66. The van der Waals surface area contributed by atoms with Gasteiger partial charge >= 0.3 is 0 Å². The van der Waals surface area contributed by atoms with Gasteiger partial charge in [-0.25, -0.2) is 5.43 Å². The van der Waals surface area contributed by atoms with Crippen LogP contribution in [0.4, 0.5) is 5.69 Å². The second-order valence-corrected chi connectivity index (χ2v) is 8.98. The Hall–Kier alpha value is -1.88. The quantitative estimate of drug-likeness (QED) is 0.807. The van der Waals surface area contributed by atoms with Crippen LogP contribution >= 0.6 is 0 Å². The summed E-state index contributed by atoms with van der Waals surface area (Å²) in [4.78, 5) is 17.0. The molecule has 148 valence electrons. The van der Waals surface area contributed by atoms with E-state index in [4.69, 9.17) is 0 Å². The molecule has 1 unspecified atom stereocenters. The van der Waals surface area contributed by atoms with Gasteiger partial charge in [0.1, 0.15) is 0 Å². The molecule has 1 aromatic rings. The Balaban J connectivity index is 1.38. The Morgan fingerprint density at radius 2 is 1.89 bits per heavy atom. The van der Waals surface area contributed by atoms with E-state index < -0.39 is 0 Å². The van der Waals surface area contributed by atoms with Gasteiger partial charge in [-0.1, -0.05) is 39.0 Å². The molecule has 1 amide bonds. The highest BCUT2D eigenvalue weighted by atomic mass is 16.2. The highest BCUT2D eigenvalue weighted by molar-refractivity contribution is 5.87. The van der Waals surface area contributed by atoms with Crippen LogP contribution in [0, 0.1) is 11.3 Å². The smallest absolute Gasteiger partial charge is 0.241 e. The van der Waals surface area contributed by atoms with E-state index in [1.807, 2.05) is 0 Å². The number of hydrogen-bond donors (Lipinski definition) is 1. The van der Waals surface area contributed by atoms with Crippen LogP contribution in [0.15, 0.2) is 35.4 Å². The molecule has 1 saturated carbocycles. The highest BCUT2D eigenvalue weighted by Gasteiger charge is 2.29. The topological polar surface area (TPSA) is 47.9 Å². The monoisotopic (exact) mass is 370 g/mol. The van der Waals surface area contributed by atoms with Gasteiger partial charge in [0, 0.05) is 50.5 Å². The van der Waals surface area contributed by atoms with Crippen LogP contribution in [0.25, 0.3) is 0 Å². The molecule has 0 spiro atoms. The first-order valence-corrected chi connectivity index (χ1v) is 10.3. The number of anilines is 1. The van der Waals surface area contributed by atoms with Crippen LogP contribution in [-0.4, -0.2) is 49.2 Å². The molecule has 0 radical (unpaired) electrons. The SMILES string of the molecule is CC1C/C(=N\NC(=O)CCN2CCN(c3ccccc3)CC2)CC(C)(C)C1. The molecule has 2 aliphatic rings. The largest absolute Gasteiger partial charge is 0.369 e. The van der Waals surface area contributed by atoms with E-state index in [-0.39, 0.29) is 5.91 Å². The second kappa shape index (κ2) is 8.87. The molecule has 0 bridgehead atoms. The minimum atomic E-state index is 0.0315. The summed E-state index contributed by atoms with van der Waals surface area (Å²) in [6.07, 6.45) is 3.74.